The van der Waals surface area contributed by atoms with Crippen LogP contribution in [0.2, 0.25) is 4.44 Å². The minimum absolute atomic E-state index is 0.549. The van der Waals surface area contributed by atoms with Crippen molar-refractivity contribution in [3.63, 3.8) is 0 Å². The molecule has 0 aliphatic heterocycles. The van der Waals surface area contributed by atoms with Crippen LogP contribution in [0.4, 0.5) is 0 Å². The number of hydrogen-bond acceptors (Lipinski definition) is 1. The second-order valence-electron chi connectivity index (χ2n) is 5.34. The first-order valence-electron chi connectivity index (χ1n) is 7.94. The van der Waals surface area contributed by atoms with Gasteiger partial charge in [0.2, 0.25) is 0 Å². The Hall–Kier alpha value is 0.499. The van der Waals surface area contributed by atoms with Gasteiger partial charge in [-0.05, 0) is 0 Å². The van der Waals surface area contributed by atoms with Crippen LogP contribution < -0.4 is 2.89 Å². The van der Waals surface area contributed by atoms with Crippen LogP contribution >= 0.6 is 11.3 Å². The number of hydrogen-bond donors (Lipinski definition) is 0. The van der Waals surface area contributed by atoms with Gasteiger partial charge >= 0.3 is 128 Å². The summed E-state index contributed by atoms with van der Waals surface area (Å²) in [6.07, 6.45) is 12.7. The first-order valence-corrected chi connectivity index (χ1v) is 13.6. The molecule has 0 amide bonds. The molecule has 1 aromatic rings. The summed E-state index contributed by atoms with van der Waals surface area (Å²) in [7, 11) is 0. The topological polar surface area (TPSA) is 0 Å². The Labute approximate surface area is 128 Å². The summed E-state index contributed by atoms with van der Waals surface area (Å²) in [5.74, 6) is 0. The molecular weight excluding hydrogens is 343 g/mol. The van der Waals surface area contributed by atoms with Gasteiger partial charge in [0.25, 0.3) is 0 Å². The van der Waals surface area contributed by atoms with Crippen molar-refractivity contribution in [2.45, 2.75) is 76.1 Å². The second kappa shape index (κ2) is 11.3. The van der Waals surface area contributed by atoms with Crippen LogP contribution in [0, 0.1) is 0 Å². The van der Waals surface area contributed by atoms with E-state index < -0.39 is 21.1 Å². The molecule has 0 unspecified atom stereocenters. The molecule has 0 aliphatic rings. The van der Waals surface area contributed by atoms with Crippen molar-refractivity contribution < 1.29 is 0 Å². The van der Waals surface area contributed by atoms with Crippen LogP contribution in [0.5, 0.6) is 0 Å². The van der Waals surface area contributed by atoms with Crippen LogP contribution in [0.1, 0.15) is 70.1 Å². The molecule has 0 atom stereocenters. The fourth-order valence-electron chi connectivity index (χ4n) is 2.32. The second-order valence-corrected chi connectivity index (χ2v) is 13.7. The van der Waals surface area contributed by atoms with Gasteiger partial charge in [0, 0.05) is 0 Å². The molecule has 104 valence electrons. The van der Waals surface area contributed by atoms with Gasteiger partial charge in [-0.2, -0.15) is 0 Å². The molecule has 1 aromatic heterocycles. The van der Waals surface area contributed by atoms with Crippen LogP contribution in [0.25, 0.3) is 0 Å². The summed E-state index contributed by atoms with van der Waals surface area (Å²) >= 11 is 1.60. The summed E-state index contributed by atoms with van der Waals surface area (Å²) in [4.78, 5) is 1.66. The summed E-state index contributed by atoms with van der Waals surface area (Å²) < 4.78 is 3.39. The molecule has 18 heavy (non-hydrogen) atoms. The zero-order chi connectivity index (χ0) is 13.1. The predicted octanol–water partition coefficient (Wildman–Crippen LogP) is 4.66. The molecule has 0 fully saturated rings. The summed E-state index contributed by atoms with van der Waals surface area (Å²) in [5.41, 5.74) is 0. The average molecular weight is 373 g/mol. The first-order chi connectivity index (χ1) is 8.86. The number of rotatable bonds is 11. The third kappa shape index (κ3) is 7.83. The molecule has 1 rings (SSSR count). The molecule has 0 aliphatic carbocycles. The monoisotopic (exact) mass is 374 g/mol. The summed E-state index contributed by atoms with van der Waals surface area (Å²) in [6, 6.07) is 4.86. The molecule has 0 nitrogen and oxygen atoms in total. The van der Waals surface area contributed by atoms with Gasteiger partial charge in [0.05, 0.1) is 0 Å². The minimum atomic E-state index is -0.549. The summed E-state index contributed by atoms with van der Waals surface area (Å²) in [6.45, 7) is 4.60. The molecule has 0 bridgehead atoms. The zero-order valence-corrected chi connectivity index (χ0v) is 17.2. The molecule has 0 aromatic carbocycles. The Balaban J connectivity index is 2.07. The van der Waals surface area contributed by atoms with Gasteiger partial charge in [-0.25, -0.2) is 0 Å². The number of thiophene rings is 1. The van der Waals surface area contributed by atoms with Gasteiger partial charge in [-0.1, -0.05) is 0 Å². The molecule has 0 saturated heterocycles. The maximum absolute atomic E-state index is 2.45. The molecular formula is C16H30SSn. The molecule has 2 heteroatoms. The third-order valence-electron chi connectivity index (χ3n) is 3.52. The van der Waals surface area contributed by atoms with Crippen molar-refractivity contribution in [1.29, 1.82) is 0 Å². The van der Waals surface area contributed by atoms with Gasteiger partial charge in [0.15, 0.2) is 0 Å². The van der Waals surface area contributed by atoms with E-state index in [0.29, 0.717) is 0 Å². The van der Waals surface area contributed by atoms with Gasteiger partial charge in [-0.3, -0.25) is 0 Å². The molecule has 0 spiro atoms. The standard InChI is InChI=1S/C12H19S.C4H9.Sn.2H/c1-2-3-4-5-6-7-9-12-10-8-11-13-12;1-3-4-2;;;/h8,10H,2-7,9H2,1H3;1,3-4H2,2H3;;;. The third-order valence-corrected chi connectivity index (χ3v) is 11.6. The fourth-order valence-corrected chi connectivity index (χ4v) is 10.7. The van der Waals surface area contributed by atoms with Crippen molar-refractivity contribution >= 4 is 35.4 Å². The molecule has 0 saturated carbocycles. The van der Waals surface area contributed by atoms with Crippen molar-refractivity contribution in [2.75, 3.05) is 0 Å². The Kier molecular flexibility index (Phi) is 10.4. The van der Waals surface area contributed by atoms with Crippen molar-refractivity contribution in [1.82, 2.24) is 0 Å². The Morgan fingerprint density at radius 1 is 0.889 bits per heavy atom. The van der Waals surface area contributed by atoms with Crippen LogP contribution in [0.3, 0.4) is 0 Å². The van der Waals surface area contributed by atoms with Crippen LogP contribution in [-0.2, 0) is 6.42 Å². The maximum atomic E-state index is 2.45. The quantitative estimate of drug-likeness (QED) is 0.391. The SMILES string of the molecule is CCCCCCCCc1cc[c]([SnH2][CH2]CCC)s1. The van der Waals surface area contributed by atoms with E-state index in [1.54, 1.807) is 9.31 Å². The van der Waals surface area contributed by atoms with E-state index in [2.05, 4.69) is 37.3 Å². The van der Waals surface area contributed by atoms with Crippen molar-refractivity contribution in [3.8, 4) is 0 Å². The van der Waals surface area contributed by atoms with Gasteiger partial charge < -0.3 is 0 Å². The van der Waals surface area contributed by atoms with E-state index in [9.17, 15) is 0 Å². The van der Waals surface area contributed by atoms with Gasteiger partial charge in [0.1, 0.15) is 0 Å². The normalized spacial score (nSPS) is 11.7. The Bertz CT molecular complexity index is 293. The first kappa shape index (κ1) is 16.6. The van der Waals surface area contributed by atoms with E-state index in [4.69, 9.17) is 0 Å². The molecule has 0 radical (unpaired) electrons. The van der Waals surface area contributed by atoms with E-state index in [1.165, 1.54) is 57.8 Å². The fraction of sp³-hybridized carbons (Fsp3) is 0.750. The van der Waals surface area contributed by atoms with E-state index in [1.807, 2.05) is 2.89 Å². The van der Waals surface area contributed by atoms with Crippen molar-refractivity contribution in [2.24, 2.45) is 0 Å². The van der Waals surface area contributed by atoms with Crippen LogP contribution in [0.15, 0.2) is 12.1 Å². The zero-order valence-electron chi connectivity index (χ0n) is 12.3. The van der Waals surface area contributed by atoms with E-state index in [0.717, 1.165) is 0 Å². The van der Waals surface area contributed by atoms with Crippen LogP contribution in [-0.4, -0.2) is 21.1 Å². The van der Waals surface area contributed by atoms with E-state index >= 15 is 0 Å². The molecule has 0 N–H and O–H groups in total. The van der Waals surface area contributed by atoms with Gasteiger partial charge in [-0.15, -0.1) is 0 Å². The Morgan fingerprint density at radius 3 is 2.39 bits per heavy atom. The number of aryl methyl sites for hydroxylation is 1. The predicted molar refractivity (Wildman–Crippen MR) is 89.3 cm³/mol. The van der Waals surface area contributed by atoms with Crippen molar-refractivity contribution in [3.05, 3.63) is 17.0 Å². The molecule has 1 heterocycles. The Morgan fingerprint density at radius 2 is 1.61 bits per heavy atom. The van der Waals surface area contributed by atoms with E-state index in [-0.39, 0.29) is 0 Å². The average Bonchev–Trinajstić information content (AvgIpc) is 2.82. The summed E-state index contributed by atoms with van der Waals surface area (Å²) in [5, 5.41) is 0. The number of unbranched alkanes of at least 4 members (excludes halogenated alkanes) is 6.